The van der Waals surface area contributed by atoms with E-state index < -0.39 is 11.4 Å². The molecule has 4 nitrogen and oxygen atoms in total. The number of aliphatic carboxylic acids is 1. The summed E-state index contributed by atoms with van der Waals surface area (Å²) < 4.78 is 5.02. The first-order valence-electron chi connectivity index (χ1n) is 5.66. The van der Waals surface area contributed by atoms with Gasteiger partial charge in [-0.2, -0.15) is 0 Å². The first kappa shape index (κ1) is 11.9. The molecule has 0 atom stereocenters. The quantitative estimate of drug-likeness (QED) is 0.835. The van der Waals surface area contributed by atoms with E-state index in [4.69, 9.17) is 9.84 Å². The van der Waals surface area contributed by atoms with Crippen LogP contribution in [0.2, 0.25) is 0 Å². The summed E-state index contributed by atoms with van der Waals surface area (Å²) in [4.78, 5) is 11.2. The zero-order valence-corrected chi connectivity index (χ0v) is 10.1. The molecule has 0 aromatic heterocycles. The molecule has 0 amide bonds. The van der Waals surface area contributed by atoms with Crippen LogP contribution in [0.15, 0.2) is 18.2 Å². The summed E-state index contributed by atoms with van der Waals surface area (Å²) in [5.74, 6) is -0.790. The van der Waals surface area contributed by atoms with Crippen LogP contribution >= 0.6 is 0 Å². The molecule has 0 unspecified atom stereocenters. The number of benzene rings is 1. The van der Waals surface area contributed by atoms with Gasteiger partial charge in [-0.05, 0) is 31.0 Å². The Morgan fingerprint density at radius 2 is 2.18 bits per heavy atom. The molecule has 1 saturated heterocycles. The van der Waals surface area contributed by atoms with Gasteiger partial charge < -0.3 is 15.2 Å². The fourth-order valence-electron chi connectivity index (χ4n) is 1.86. The third kappa shape index (κ3) is 2.13. The smallest absolute Gasteiger partial charge is 0.316 e. The lowest BCUT2D eigenvalue weighted by Crippen LogP contribution is -2.53. The summed E-state index contributed by atoms with van der Waals surface area (Å²) >= 11 is 0. The first-order chi connectivity index (χ1) is 8.05. The lowest BCUT2D eigenvalue weighted by Gasteiger charge is -2.37. The zero-order chi connectivity index (χ0) is 12.5. The summed E-state index contributed by atoms with van der Waals surface area (Å²) in [7, 11) is 0. The van der Waals surface area contributed by atoms with Crippen LogP contribution in [-0.2, 0) is 9.53 Å². The van der Waals surface area contributed by atoms with Crippen molar-refractivity contribution < 1.29 is 14.6 Å². The van der Waals surface area contributed by atoms with Gasteiger partial charge in [-0.3, -0.25) is 4.79 Å². The lowest BCUT2D eigenvalue weighted by molar-refractivity contribution is -0.176. The van der Waals surface area contributed by atoms with Gasteiger partial charge in [0.1, 0.15) is 5.41 Å². The van der Waals surface area contributed by atoms with Crippen molar-refractivity contribution in [3.05, 3.63) is 29.3 Å². The molecular weight excluding hydrogens is 218 g/mol. The number of anilines is 1. The van der Waals surface area contributed by atoms with Gasteiger partial charge in [-0.15, -0.1) is 0 Å². The van der Waals surface area contributed by atoms with Crippen LogP contribution in [0.25, 0.3) is 0 Å². The summed E-state index contributed by atoms with van der Waals surface area (Å²) in [6, 6.07) is 5.98. The van der Waals surface area contributed by atoms with Crippen molar-refractivity contribution >= 4 is 11.7 Å². The first-order valence-corrected chi connectivity index (χ1v) is 5.66. The molecule has 2 rings (SSSR count). The van der Waals surface area contributed by atoms with E-state index in [-0.39, 0.29) is 0 Å². The molecule has 2 N–H and O–H groups in total. The second-order valence-electron chi connectivity index (χ2n) is 4.68. The second-order valence-corrected chi connectivity index (χ2v) is 4.68. The van der Waals surface area contributed by atoms with E-state index in [1.54, 1.807) is 0 Å². The molecule has 0 bridgehead atoms. The van der Waals surface area contributed by atoms with E-state index in [9.17, 15) is 4.79 Å². The highest BCUT2D eigenvalue weighted by Gasteiger charge is 2.46. The standard InChI is InChI=1S/C13H17NO3/c1-9-4-3-5-11(10(9)2)14-6-13(12(15)16)7-17-8-13/h3-5,14H,6-8H2,1-2H3,(H,15,16). The van der Waals surface area contributed by atoms with Crippen molar-refractivity contribution in [3.8, 4) is 0 Å². The molecule has 1 fully saturated rings. The Morgan fingerprint density at radius 1 is 1.47 bits per heavy atom. The van der Waals surface area contributed by atoms with Crippen molar-refractivity contribution in [1.29, 1.82) is 0 Å². The van der Waals surface area contributed by atoms with E-state index >= 15 is 0 Å². The highest BCUT2D eigenvalue weighted by molar-refractivity contribution is 5.77. The minimum absolute atomic E-state index is 0.292. The van der Waals surface area contributed by atoms with Crippen LogP contribution in [0.3, 0.4) is 0 Å². The minimum Gasteiger partial charge on any atom is -0.481 e. The molecular formula is C13H17NO3. The fourth-order valence-corrected chi connectivity index (χ4v) is 1.86. The Hall–Kier alpha value is -1.55. The van der Waals surface area contributed by atoms with E-state index in [0.29, 0.717) is 19.8 Å². The molecule has 0 radical (unpaired) electrons. The van der Waals surface area contributed by atoms with Gasteiger partial charge in [0.15, 0.2) is 0 Å². The topological polar surface area (TPSA) is 58.6 Å². The number of carbonyl (C=O) groups is 1. The number of nitrogens with one attached hydrogen (secondary N) is 1. The van der Waals surface area contributed by atoms with Crippen LogP contribution in [-0.4, -0.2) is 30.8 Å². The van der Waals surface area contributed by atoms with Crippen molar-refractivity contribution in [2.24, 2.45) is 5.41 Å². The predicted octanol–water partition coefficient (Wildman–Crippen LogP) is 1.82. The van der Waals surface area contributed by atoms with Crippen LogP contribution in [0.4, 0.5) is 5.69 Å². The van der Waals surface area contributed by atoms with Crippen molar-refractivity contribution in [2.45, 2.75) is 13.8 Å². The summed E-state index contributed by atoms with van der Waals surface area (Å²) in [6.07, 6.45) is 0. The molecule has 0 saturated carbocycles. The van der Waals surface area contributed by atoms with Gasteiger partial charge in [0.05, 0.1) is 13.2 Å². The third-order valence-corrected chi connectivity index (χ3v) is 3.43. The van der Waals surface area contributed by atoms with Crippen molar-refractivity contribution in [1.82, 2.24) is 0 Å². The summed E-state index contributed by atoms with van der Waals surface area (Å²) in [5.41, 5.74) is 2.60. The lowest BCUT2D eigenvalue weighted by atomic mass is 9.86. The van der Waals surface area contributed by atoms with E-state index in [0.717, 1.165) is 11.3 Å². The molecule has 1 aliphatic heterocycles. The van der Waals surface area contributed by atoms with Gasteiger partial charge in [0.2, 0.25) is 0 Å². The number of carboxylic acids is 1. The van der Waals surface area contributed by atoms with Gasteiger partial charge in [0, 0.05) is 12.2 Å². The average Bonchev–Trinajstić information content (AvgIpc) is 2.22. The predicted molar refractivity (Wildman–Crippen MR) is 65.3 cm³/mol. The van der Waals surface area contributed by atoms with Crippen LogP contribution < -0.4 is 5.32 Å². The van der Waals surface area contributed by atoms with Gasteiger partial charge >= 0.3 is 5.97 Å². The molecule has 1 heterocycles. The molecule has 0 spiro atoms. The third-order valence-electron chi connectivity index (χ3n) is 3.43. The molecule has 0 aliphatic carbocycles. The molecule has 92 valence electrons. The Morgan fingerprint density at radius 3 is 2.71 bits per heavy atom. The number of ether oxygens (including phenoxy) is 1. The maximum Gasteiger partial charge on any atom is 0.316 e. The van der Waals surface area contributed by atoms with Crippen LogP contribution in [0, 0.1) is 19.3 Å². The molecule has 1 aromatic rings. The average molecular weight is 235 g/mol. The maximum absolute atomic E-state index is 11.2. The summed E-state index contributed by atoms with van der Waals surface area (Å²) in [5, 5.41) is 12.4. The molecule has 1 aliphatic rings. The van der Waals surface area contributed by atoms with Gasteiger partial charge in [-0.1, -0.05) is 12.1 Å². The number of hydrogen-bond acceptors (Lipinski definition) is 3. The number of rotatable bonds is 4. The molecule has 1 aromatic carbocycles. The van der Waals surface area contributed by atoms with E-state index in [1.165, 1.54) is 5.56 Å². The largest absolute Gasteiger partial charge is 0.481 e. The fraction of sp³-hybridized carbons (Fsp3) is 0.462. The normalized spacial score (nSPS) is 17.3. The zero-order valence-electron chi connectivity index (χ0n) is 10.1. The Kier molecular flexibility index (Phi) is 3.07. The van der Waals surface area contributed by atoms with Crippen molar-refractivity contribution in [2.75, 3.05) is 25.1 Å². The van der Waals surface area contributed by atoms with Gasteiger partial charge in [0.25, 0.3) is 0 Å². The minimum atomic E-state index is -0.790. The number of aryl methyl sites for hydroxylation is 1. The SMILES string of the molecule is Cc1cccc(NCC2(C(=O)O)COC2)c1C. The Labute approximate surface area is 101 Å². The number of hydrogen-bond donors (Lipinski definition) is 2. The Bertz CT molecular complexity index is 438. The highest BCUT2D eigenvalue weighted by Crippen LogP contribution is 2.29. The molecule has 17 heavy (non-hydrogen) atoms. The monoisotopic (exact) mass is 235 g/mol. The highest BCUT2D eigenvalue weighted by atomic mass is 16.5. The van der Waals surface area contributed by atoms with E-state index in [2.05, 4.69) is 5.32 Å². The number of carboxylic acid groups (broad SMARTS) is 1. The second kappa shape index (κ2) is 4.37. The summed E-state index contributed by atoms with van der Waals surface area (Å²) in [6.45, 7) is 5.06. The van der Waals surface area contributed by atoms with Crippen LogP contribution in [0.5, 0.6) is 0 Å². The maximum atomic E-state index is 11.2. The van der Waals surface area contributed by atoms with Crippen molar-refractivity contribution in [3.63, 3.8) is 0 Å². The van der Waals surface area contributed by atoms with E-state index in [1.807, 2.05) is 32.0 Å². The molecule has 4 heteroatoms. The van der Waals surface area contributed by atoms with Gasteiger partial charge in [-0.25, -0.2) is 0 Å². The Balaban J connectivity index is 2.07. The van der Waals surface area contributed by atoms with Crippen LogP contribution in [0.1, 0.15) is 11.1 Å².